The lowest BCUT2D eigenvalue weighted by Gasteiger charge is -2.60. The van der Waals surface area contributed by atoms with E-state index in [2.05, 4.69) is 27.7 Å². The van der Waals surface area contributed by atoms with Gasteiger partial charge in [-0.15, -0.1) is 0 Å². The molecule has 4 saturated carbocycles. The van der Waals surface area contributed by atoms with Crippen molar-refractivity contribution in [2.75, 3.05) is 46.2 Å². The maximum atomic E-state index is 14.8. The van der Waals surface area contributed by atoms with E-state index in [4.69, 9.17) is 56.8 Å². The summed E-state index contributed by atoms with van der Waals surface area (Å²) in [6.07, 6.45) is -33.3. The van der Waals surface area contributed by atoms with Crippen molar-refractivity contribution >= 4 is 5.78 Å². The van der Waals surface area contributed by atoms with Crippen molar-refractivity contribution in [3.05, 3.63) is 0 Å². The van der Waals surface area contributed by atoms with Gasteiger partial charge in [0.2, 0.25) is 0 Å². The molecule has 14 N–H and O–H groups in total. The second kappa shape index (κ2) is 24.7. The topological polar surface area (TPSA) is 411 Å². The minimum atomic E-state index is -2.10. The fraction of sp³-hybridized carbons (Fsp3) is 0.982. The maximum Gasteiger partial charge on any atom is 0.187 e. The molecule has 0 aromatic heterocycles. The SMILES string of the molecule is C[C@@H]1CC[C@@]2(OC1)OC1C[C@H]3[C@@H]4CC[C@H]5C[C@@H](O[C@@H]6O[C@H](CO)[C@H](O[C@@H]7O[C@H](CO)[C@@H](O)[C@H](O[C@@H]8O[C@H](CO)[C@@H](O[C@@H]9OC[C@](C)(CO)[C@H]9O)[C@H](O)[C@H]8O)[C@H]7O[C@@H]7O[C@H](CO)[C@@H](O)[C@H](O)[C@H]7O)[C@H](O)[C@H]6O)CC[C@]5(C)[C@H]4CC(=O)[C@]3(C)C1[C@@H]2C. The van der Waals surface area contributed by atoms with Crippen molar-refractivity contribution in [1.82, 2.24) is 0 Å². The molecule has 4 aliphatic carbocycles. The Balaban J connectivity index is 0.778. The zero-order valence-corrected chi connectivity index (χ0v) is 48.3. The molecule has 0 radical (unpaired) electrons. The van der Waals surface area contributed by atoms with Crippen molar-refractivity contribution in [2.24, 2.45) is 57.7 Å². The Kier molecular flexibility index (Phi) is 18.9. The zero-order chi connectivity index (χ0) is 60.3. The lowest BCUT2D eigenvalue weighted by atomic mass is 9.44. The lowest BCUT2D eigenvalue weighted by molar-refractivity contribution is -0.408. The summed E-state index contributed by atoms with van der Waals surface area (Å²) >= 11 is 0. The molecule has 0 aromatic carbocycles. The third-order valence-electron chi connectivity index (χ3n) is 22.4. The van der Waals surface area contributed by atoms with Crippen LogP contribution in [0.15, 0.2) is 0 Å². The fourth-order valence-corrected chi connectivity index (χ4v) is 17.2. The second-order valence-electron chi connectivity index (χ2n) is 27.2. The average molecular weight is 1210 g/mol. The summed E-state index contributed by atoms with van der Waals surface area (Å²) in [5, 5.41) is 154. The molecule has 7 saturated heterocycles. The number of carbonyl (C=O) groups is 1. The summed E-state index contributed by atoms with van der Waals surface area (Å²) in [6, 6.07) is 0. The average Bonchev–Trinajstić information content (AvgIpc) is 1.61. The highest BCUT2D eigenvalue weighted by Crippen LogP contribution is 2.70. The normalized spacial score (nSPS) is 56.7. The van der Waals surface area contributed by atoms with Gasteiger partial charge in [-0.2, -0.15) is 0 Å². The van der Waals surface area contributed by atoms with Crippen molar-refractivity contribution < 1.29 is 133 Å². The van der Waals surface area contributed by atoms with E-state index in [0.717, 1.165) is 38.5 Å². The smallest absolute Gasteiger partial charge is 0.187 e. The van der Waals surface area contributed by atoms with Crippen molar-refractivity contribution in [3.63, 3.8) is 0 Å². The molecule has 11 rings (SSSR count). The molecule has 11 aliphatic rings. The van der Waals surface area contributed by atoms with Gasteiger partial charge < -0.3 is 128 Å². The number of aliphatic hydroxyl groups is 14. The molecule has 84 heavy (non-hydrogen) atoms. The van der Waals surface area contributed by atoms with Gasteiger partial charge >= 0.3 is 0 Å². The van der Waals surface area contributed by atoms with Crippen LogP contribution in [0.25, 0.3) is 0 Å². The predicted octanol–water partition coefficient (Wildman–Crippen LogP) is -3.99. The lowest BCUT2D eigenvalue weighted by Crippen LogP contribution is -2.69. The Morgan fingerprint density at radius 2 is 1.11 bits per heavy atom. The Hall–Kier alpha value is -1.37. The number of aliphatic hydroxyl groups excluding tert-OH is 14. The molecule has 27 heteroatoms. The van der Waals surface area contributed by atoms with E-state index in [1.807, 2.05) is 0 Å². The number of hydrogen-bond acceptors (Lipinski definition) is 27. The molecular weight excluding hydrogens is 1120 g/mol. The fourth-order valence-electron chi connectivity index (χ4n) is 17.2. The Labute approximate surface area is 487 Å². The summed E-state index contributed by atoms with van der Waals surface area (Å²) in [5.41, 5.74) is -1.84. The number of ketones is 1. The molecule has 7 aliphatic heterocycles. The van der Waals surface area contributed by atoms with E-state index in [9.17, 15) is 76.3 Å². The molecule has 482 valence electrons. The molecule has 27 nitrogen and oxygen atoms in total. The largest absolute Gasteiger partial charge is 0.396 e. The maximum absolute atomic E-state index is 14.8. The highest BCUT2D eigenvalue weighted by atomic mass is 16.8. The highest BCUT2D eigenvalue weighted by molar-refractivity contribution is 5.87. The van der Waals surface area contributed by atoms with Gasteiger partial charge in [-0.3, -0.25) is 4.79 Å². The first-order valence-electron chi connectivity index (χ1n) is 30.4. The van der Waals surface area contributed by atoms with Crippen LogP contribution < -0.4 is 0 Å². The Morgan fingerprint density at radius 1 is 0.548 bits per heavy atom. The van der Waals surface area contributed by atoms with E-state index in [-0.39, 0.29) is 47.7 Å². The molecular formula is C57H92O27. The minimum absolute atomic E-state index is 0.0318. The second-order valence-corrected chi connectivity index (χ2v) is 27.2. The quantitative estimate of drug-likeness (QED) is 0.0695. The first kappa shape index (κ1) is 64.2. The molecule has 1 spiro atoms. The van der Waals surface area contributed by atoms with Crippen LogP contribution in [0, 0.1) is 57.7 Å². The van der Waals surface area contributed by atoms with Gasteiger partial charge in [-0.25, -0.2) is 0 Å². The molecule has 0 amide bonds. The predicted molar refractivity (Wildman–Crippen MR) is 278 cm³/mol. The summed E-state index contributed by atoms with van der Waals surface area (Å²) in [4.78, 5) is 14.8. The van der Waals surface area contributed by atoms with Gasteiger partial charge in [0.15, 0.2) is 37.2 Å². The molecule has 0 bridgehead atoms. The number of hydrogen-bond donors (Lipinski definition) is 14. The number of fused-ring (bicyclic) bond motifs is 7. The molecule has 2 unspecified atom stereocenters. The summed E-state index contributed by atoms with van der Waals surface area (Å²) in [6.45, 7) is 6.86. The van der Waals surface area contributed by atoms with Gasteiger partial charge in [-0.05, 0) is 80.0 Å². The van der Waals surface area contributed by atoms with Crippen LogP contribution in [0.1, 0.15) is 92.4 Å². The van der Waals surface area contributed by atoms with Crippen LogP contribution in [0.3, 0.4) is 0 Å². The minimum Gasteiger partial charge on any atom is -0.396 e. The molecule has 35 atom stereocenters. The standard InChI is InChI=1S/C57H92O27/c1-22-8-11-57(74-19-22)23(2)35-29(84-57)13-28-26-7-6-24-12-25(9-10-55(24,4)27(26)14-34(63)56(28,35)5)75-49-42(70)39(67)44(32(17-60)78-49)80-52-47(83-50-41(69)38(66)36(64)30(15-58)76-50)46(37(65)31(16-59)77-52)82-51-43(71)40(68)45(33(18-61)79-51)81-53-48(72)54(3,20-62)21-73-53/h22-33,35-53,58-62,64-72H,6-21H2,1-5H3/t22-,23+,24+,25+,26-,27+,28+,29?,30-,31-,32-,33-,35?,36-,37-,38+,39-,40-,41-,42-,43-,44+,45-,46+,47-,48+,49-,50+,51+,52+,53+,54+,55+,56-,57-/m1/s1. The summed E-state index contributed by atoms with van der Waals surface area (Å²) in [5.74, 6) is 1.20. The van der Waals surface area contributed by atoms with E-state index < -0.39 is 191 Å². The molecule has 11 fully saturated rings. The zero-order valence-electron chi connectivity index (χ0n) is 48.3. The number of Topliss-reactive ketones (excluding diaryl/α,β-unsaturated/α-hetero) is 1. The van der Waals surface area contributed by atoms with Crippen molar-refractivity contribution in [1.29, 1.82) is 0 Å². The van der Waals surface area contributed by atoms with Crippen molar-refractivity contribution in [3.8, 4) is 0 Å². The number of carbonyl (C=O) groups excluding carboxylic acids is 1. The van der Waals surface area contributed by atoms with Crippen molar-refractivity contribution in [2.45, 2.75) is 246 Å². The highest BCUT2D eigenvalue weighted by Gasteiger charge is 2.72. The van der Waals surface area contributed by atoms with Crippen LogP contribution in [-0.4, -0.2) is 277 Å². The molecule has 7 heterocycles. The Bertz CT molecular complexity index is 2240. The summed E-state index contributed by atoms with van der Waals surface area (Å²) in [7, 11) is 0. The third-order valence-corrected chi connectivity index (χ3v) is 22.4. The van der Waals surface area contributed by atoms with E-state index >= 15 is 0 Å². The third kappa shape index (κ3) is 10.8. The number of ether oxygens (including phenoxy) is 12. The van der Waals surface area contributed by atoms with Gasteiger partial charge in [-0.1, -0.05) is 34.6 Å². The van der Waals surface area contributed by atoms with E-state index in [1.54, 1.807) is 0 Å². The van der Waals surface area contributed by atoms with Gasteiger partial charge in [0, 0.05) is 35.5 Å². The monoisotopic (exact) mass is 1210 g/mol. The van der Waals surface area contributed by atoms with Crippen LogP contribution in [-0.2, 0) is 61.6 Å². The Morgan fingerprint density at radius 3 is 1.70 bits per heavy atom. The van der Waals surface area contributed by atoms with E-state index in [0.29, 0.717) is 43.5 Å². The summed E-state index contributed by atoms with van der Waals surface area (Å²) < 4.78 is 73.5. The van der Waals surface area contributed by atoms with Crippen LogP contribution >= 0.6 is 0 Å². The van der Waals surface area contributed by atoms with Crippen LogP contribution in [0.2, 0.25) is 0 Å². The molecule has 0 aromatic rings. The van der Waals surface area contributed by atoms with E-state index in [1.165, 1.54) is 6.92 Å². The first-order chi connectivity index (χ1) is 39.9. The van der Waals surface area contributed by atoms with Crippen LogP contribution in [0.4, 0.5) is 0 Å². The van der Waals surface area contributed by atoms with Gasteiger partial charge in [0.1, 0.15) is 110 Å². The number of rotatable bonds is 15. The van der Waals surface area contributed by atoms with Crippen LogP contribution in [0.5, 0.6) is 0 Å². The van der Waals surface area contributed by atoms with Gasteiger partial charge in [0.25, 0.3) is 0 Å². The first-order valence-corrected chi connectivity index (χ1v) is 30.4. The van der Waals surface area contributed by atoms with Gasteiger partial charge in [0.05, 0.1) is 58.5 Å².